The Morgan fingerprint density at radius 1 is 1.19 bits per heavy atom. The lowest BCUT2D eigenvalue weighted by molar-refractivity contribution is -0.144. The fourth-order valence-electron chi connectivity index (χ4n) is 2.19. The first-order chi connectivity index (χ1) is 9.88. The smallest absolute Gasteiger partial charge is 0.316 e. The summed E-state index contributed by atoms with van der Waals surface area (Å²) < 4.78 is 5.15. The molecule has 21 heavy (non-hydrogen) atoms. The van der Waals surface area contributed by atoms with Gasteiger partial charge < -0.3 is 4.74 Å². The van der Waals surface area contributed by atoms with Crippen molar-refractivity contribution in [3.05, 3.63) is 34.9 Å². The predicted octanol–water partition coefficient (Wildman–Crippen LogP) is 4.20. The van der Waals surface area contributed by atoms with Crippen LogP contribution in [0.1, 0.15) is 30.5 Å². The molecule has 0 atom stereocenters. The zero-order valence-corrected chi connectivity index (χ0v) is 14.0. The highest BCUT2D eigenvalue weighted by Gasteiger charge is 2.11. The molecule has 0 saturated carbocycles. The van der Waals surface area contributed by atoms with Crippen molar-refractivity contribution in [1.29, 1.82) is 0 Å². The maximum Gasteiger partial charge on any atom is 0.316 e. The summed E-state index contributed by atoms with van der Waals surface area (Å²) in [7, 11) is 0. The Morgan fingerprint density at radius 2 is 1.86 bits per heavy atom. The van der Waals surface area contributed by atoms with E-state index in [2.05, 4.69) is 32.0 Å². The van der Waals surface area contributed by atoms with Gasteiger partial charge in [-0.1, -0.05) is 23.9 Å². The normalized spacial score (nSPS) is 11.1. The van der Waals surface area contributed by atoms with Gasteiger partial charge in [0.25, 0.3) is 0 Å². The largest absolute Gasteiger partial charge is 0.462 e. The molecule has 0 aliphatic rings. The molecule has 0 fully saturated rings. The Kier molecular flexibility index (Phi) is 4.88. The lowest BCUT2D eigenvalue weighted by Crippen LogP contribution is -2.13. The molecule has 2 rings (SSSR count). The van der Waals surface area contributed by atoms with E-state index in [1.165, 1.54) is 22.7 Å². The molecule has 0 spiro atoms. The molecule has 1 aromatic heterocycles. The molecule has 1 aromatic carbocycles. The van der Waals surface area contributed by atoms with Crippen LogP contribution in [0.3, 0.4) is 0 Å². The number of ether oxygens (including phenoxy) is 1. The number of aryl methyl sites for hydroxylation is 3. The second kappa shape index (κ2) is 6.48. The molecule has 0 saturated heterocycles. The first kappa shape index (κ1) is 15.8. The highest BCUT2D eigenvalue weighted by Crippen LogP contribution is 2.28. The van der Waals surface area contributed by atoms with Crippen LogP contribution in [0.5, 0.6) is 0 Å². The first-order valence-corrected chi connectivity index (χ1v) is 8.07. The van der Waals surface area contributed by atoms with Crippen LogP contribution in [0.25, 0.3) is 10.9 Å². The molecule has 0 N–H and O–H groups in total. The first-order valence-electron chi connectivity index (χ1n) is 7.08. The number of aromatic nitrogens is 1. The van der Waals surface area contributed by atoms with Gasteiger partial charge in [-0.2, -0.15) is 0 Å². The van der Waals surface area contributed by atoms with Crippen LogP contribution in [0.4, 0.5) is 0 Å². The number of fused-ring (bicyclic) bond motifs is 1. The molecule has 2 aromatic rings. The molecule has 0 radical (unpaired) electrons. The standard InChI is InChI=1S/C17H21NO2S/c1-10(2)20-15(19)9-21-17-13(5)8-14-11(3)6-7-12(4)16(14)18-17/h6-8,10H,9H2,1-5H3. The fraction of sp³-hybridized carbons (Fsp3) is 0.412. The number of hydrogen-bond donors (Lipinski definition) is 0. The number of benzene rings is 1. The van der Waals surface area contributed by atoms with Gasteiger partial charge in [0.1, 0.15) is 5.03 Å². The van der Waals surface area contributed by atoms with Crippen LogP contribution in [0.15, 0.2) is 23.2 Å². The number of rotatable bonds is 4. The molecular weight excluding hydrogens is 282 g/mol. The van der Waals surface area contributed by atoms with E-state index >= 15 is 0 Å². The van der Waals surface area contributed by atoms with Crippen molar-refractivity contribution in [3.63, 3.8) is 0 Å². The minimum atomic E-state index is -0.197. The number of carbonyl (C=O) groups is 1. The monoisotopic (exact) mass is 303 g/mol. The van der Waals surface area contributed by atoms with E-state index in [1.54, 1.807) is 0 Å². The van der Waals surface area contributed by atoms with E-state index in [0.717, 1.165) is 21.7 Å². The molecular formula is C17H21NO2S. The summed E-state index contributed by atoms with van der Waals surface area (Å²) in [6, 6.07) is 6.36. The summed E-state index contributed by atoms with van der Waals surface area (Å²) in [6.07, 6.45) is -0.0753. The fourth-order valence-corrected chi connectivity index (χ4v) is 2.95. The molecule has 112 valence electrons. The maximum absolute atomic E-state index is 11.7. The Morgan fingerprint density at radius 3 is 2.52 bits per heavy atom. The van der Waals surface area contributed by atoms with Gasteiger partial charge in [0.15, 0.2) is 0 Å². The van der Waals surface area contributed by atoms with Gasteiger partial charge in [-0.15, -0.1) is 0 Å². The topological polar surface area (TPSA) is 39.2 Å². The summed E-state index contributed by atoms with van der Waals surface area (Å²) in [6.45, 7) is 9.90. The number of hydrogen-bond acceptors (Lipinski definition) is 4. The van der Waals surface area contributed by atoms with Gasteiger partial charge in [0.2, 0.25) is 0 Å². The summed E-state index contributed by atoms with van der Waals surface area (Å²) in [5.74, 6) is 0.0971. The molecule has 0 unspecified atom stereocenters. The Labute approximate surface area is 130 Å². The number of thioether (sulfide) groups is 1. The molecule has 3 nitrogen and oxygen atoms in total. The molecule has 0 aliphatic carbocycles. The maximum atomic E-state index is 11.7. The van der Waals surface area contributed by atoms with Crippen LogP contribution in [-0.4, -0.2) is 22.8 Å². The van der Waals surface area contributed by atoms with Crippen molar-refractivity contribution < 1.29 is 9.53 Å². The Bertz CT molecular complexity index is 680. The molecule has 1 heterocycles. The molecule has 0 amide bonds. The molecule has 4 heteroatoms. The highest BCUT2D eigenvalue weighted by atomic mass is 32.2. The zero-order valence-electron chi connectivity index (χ0n) is 13.2. The van der Waals surface area contributed by atoms with Crippen molar-refractivity contribution in [3.8, 4) is 0 Å². The van der Waals surface area contributed by atoms with Crippen molar-refractivity contribution in [2.45, 2.75) is 45.7 Å². The average Bonchev–Trinajstić information content (AvgIpc) is 2.40. The molecule has 0 bridgehead atoms. The lowest BCUT2D eigenvalue weighted by Gasteiger charge is -2.11. The second-order valence-corrected chi connectivity index (χ2v) is 6.50. The van der Waals surface area contributed by atoms with Gasteiger partial charge in [-0.3, -0.25) is 4.79 Å². The minimum absolute atomic E-state index is 0.0753. The summed E-state index contributed by atoms with van der Waals surface area (Å²) in [5.41, 5.74) is 4.49. The number of pyridine rings is 1. The molecule has 0 aliphatic heterocycles. The van der Waals surface area contributed by atoms with Crippen LogP contribution < -0.4 is 0 Å². The predicted molar refractivity (Wildman–Crippen MR) is 87.9 cm³/mol. The third-order valence-corrected chi connectivity index (χ3v) is 4.31. The number of esters is 1. The third-order valence-electron chi connectivity index (χ3n) is 3.24. The van der Waals surface area contributed by atoms with E-state index in [0.29, 0.717) is 5.75 Å². The quantitative estimate of drug-likeness (QED) is 0.627. The van der Waals surface area contributed by atoms with E-state index in [9.17, 15) is 4.79 Å². The SMILES string of the molecule is Cc1cc2c(C)ccc(C)c2nc1SCC(=O)OC(C)C. The average molecular weight is 303 g/mol. The zero-order chi connectivity index (χ0) is 15.6. The summed E-state index contributed by atoms with van der Waals surface area (Å²) in [5, 5.41) is 2.08. The van der Waals surface area contributed by atoms with Gasteiger partial charge in [0, 0.05) is 5.39 Å². The van der Waals surface area contributed by atoms with E-state index < -0.39 is 0 Å². The summed E-state index contributed by atoms with van der Waals surface area (Å²) in [4.78, 5) is 16.4. The van der Waals surface area contributed by atoms with Crippen molar-refractivity contribution >= 4 is 28.6 Å². The van der Waals surface area contributed by atoms with Crippen molar-refractivity contribution in [2.75, 3.05) is 5.75 Å². The van der Waals surface area contributed by atoms with Crippen molar-refractivity contribution in [1.82, 2.24) is 4.98 Å². The van der Waals surface area contributed by atoms with Crippen LogP contribution in [0, 0.1) is 20.8 Å². The minimum Gasteiger partial charge on any atom is -0.462 e. The number of carbonyl (C=O) groups excluding carboxylic acids is 1. The van der Waals surface area contributed by atoms with E-state index in [1.807, 2.05) is 20.8 Å². The van der Waals surface area contributed by atoms with Gasteiger partial charge >= 0.3 is 5.97 Å². The van der Waals surface area contributed by atoms with Gasteiger partial charge in [0.05, 0.1) is 17.4 Å². The van der Waals surface area contributed by atoms with Crippen LogP contribution >= 0.6 is 11.8 Å². The highest BCUT2D eigenvalue weighted by molar-refractivity contribution is 7.99. The van der Waals surface area contributed by atoms with Crippen LogP contribution in [0.2, 0.25) is 0 Å². The van der Waals surface area contributed by atoms with Gasteiger partial charge in [-0.25, -0.2) is 4.98 Å². The third kappa shape index (κ3) is 3.76. The van der Waals surface area contributed by atoms with E-state index in [-0.39, 0.29) is 12.1 Å². The Balaban J connectivity index is 2.27. The van der Waals surface area contributed by atoms with Crippen molar-refractivity contribution in [2.24, 2.45) is 0 Å². The van der Waals surface area contributed by atoms with Gasteiger partial charge in [-0.05, 0) is 57.4 Å². The summed E-state index contributed by atoms with van der Waals surface area (Å²) >= 11 is 1.44. The number of nitrogens with zero attached hydrogens (tertiary/aromatic N) is 1. The van der Waals surface area contributed by atoms with E-state index in [4.69, 9.17) is 9.72 Å². The van der Waals surface area contributed by atoms with Crippen LogP contribution in [-0.2, 0) is 9.53 Å². The lowest BCUT2D eigenvalue weighted by atomic mass is 10.0. The Hall–Kier alpha value is -1.55. The second-order valence-electron chi connectivity index (χ2n) is 5.53.